The number of hydrogen-bond acceptors (Lipinski definition) is 9. The van der Waals surface area contributed by atoms with Crippen molar-refractivity contribution in [2.24, 2.45) is 0 Å². The van der Waals surface area contributed by atoms with E-state index in [0.29, 0.717) is 45.0 Å². The molecule has 9 nitrogen and oxygen atoms in total. The number of piperazine rings is 1. The SMILES string of the molecule is Cc1nc2cc(OC[C@H](O)CN3CCN(CCNS(=O)(=O)c4ccccc4OC(F)(F)F)CC3)ccc2s1. The lowest BCUT2D eigenvalue weighted by atomic mass is 10.2. The van der Waals surface area contributed by atoms with Gasteiger partial charge in [0.15, 0.2) is 0 Å². The predicted molar refractivity (Wildman–Crippen MR) is 137 cm³/mol. The van der Waals surface area contributed by atoms with Crippen molar-refractivity contribution in [2.75, 3.05) is 52.4 Å². The first-order valence-electron chi connectivity index (χ1n) is 12.0. The Labute approximate surface area is 222 Å². The number of sulfonamides is 1. The van der Waals surface area contributed by atoms with Gasteiger partial charge in [-0.05, 0) is 31.2 Å². The van der Waals surface area contributed by atoms with Gasteiger partial charge in [0.25, 0.3) is 0 Å². The van der Waals surface area contributed by atoms with Crippen molar-refractivity contribution in [1.82, 2.24) is 19.5 Å². The Morgan fingerprint density at radius 1 is 1.13 bits per heavy atom. The number of halogens is 3. The number of thiazole rings is 1. The van der Waals surface area contributed by atoms with Crippen LogP contribution in [0.25, 0.3) is 10.2 Å². The molecular weight excluding hydrogens is 545 g/mol. The van der Waals surface area contributed by atoms with Gasteiger partial charge in [-0.2, -0.15) is 0 Å². The van der Waals surface area contributed by atoms with Crippen molar-refractivity contribution in [3.63, 3.8) is 0 Å². The predicted octanol–water partition coefficient (Wildman–Crippen LogP) is 2.84. The average molecular weight is 575 g/mol. The smallest absolute Gasteiger partial charge is 0.491 e. The maximum atomic E-state index is 12.6. The second-order valence-electron chi connectivity index (χ2n) is 8.86. The van der Waals surface area contributed by atoms with Crippen LogP contribution in [0.2, 0.25) is 0 Å². The highest BCUT2D eigenvalue weighted by Crippen LogP contribution is 2.29. The number of β-amino-alcohol motifs (C(OH)–C–C–N with tert-alkyl or cyclic N) is 1. The number of alkyl halides is 3. The van der Waals surface area contributed by atoms with Crippen LogP contribution in [0.15, 0.2) is 47.4 Å². The van der Waals surface area contributed by atoms with E-state index in [1.54, 1.807) is 11.3 Å². The number of ether oxygens (including phenoxy) is 2. The third kappa shape index (κ3) is 8.01. The minimum absolute atomic E-state index is 0.0298. The average Bonchev–Trinajstić information content (AvgIpc) is 3.22. The van der Waals surface area contributed by atoms with Crippen LogP contribution in [0.4, 0.5) is 13.2 Å². The molecule has 0 spiro atoms. The molecule has 0 radical (unpaired) electrons. The van der Waals surface area contributed by atoms with Gasteiger partial charge in [-0.25, -0.2) is 18.1 Å². The van der Waals surface area contributed by atoms with E-state index in [1.807, 2.05) is 30.0 Å². The zero-order valence-corrected chi connectivity index (χ0v) is 22.3. The second kappa shape index (κ2) is 12.1. The minimum Gasteiger partial charge on any atom is -0.491 e. The Hall–Kier alpha value is -2.49. The summed E-state index contributed by atoms with van der Waals surface area (Å²) in [6, 6.07) is 10.3. The van der Waals surface area contributed by atoms with Crippen LogP contribution in [0, 0.1) is 6.92 Å². The number of rotatable bonds is 11. The van der Waals surface area contributed by atoms with Gasteiger partial charge in [0.05, 0.1) is 15.2 Å². The fourth-order valence-electron chi connectivity index (χ4n) is 4.15. The van der Waals surface area contributed by atoms with Crippen LogP contribution >= 0.6 is 11.3 Å². The van der Waals surface area contributed by atoms with Crippen molar-refractivity contribution >= 4 is 31.6 Å². The van der Waals surface area contributed by atoms with Crippen LogP contribution in [-0.4, -0.2) is 93.2 Å². The third-order valence-corrected chi connectivity index (χ3v) is 8.38. The summed E-state index contributed by atoms with van der Waals surface area (Å²) in [5.41, 5.74) is 0.872. The molecule has 0 bridgehead atoms. The van der Waals surface area contributed by atoms with Crippen molar-refractivity contribution in [3.05, 3.63) is 47.5 Å². The van der Waals surface area contributed by atoms with Gasteiger partial charge < -0.3 is 14.6 Å². The topological polar surface area (TPSA) is 104 Å². The molecule has 1 fully saturated rings. The molecule has 0 aliphatic carbocycles. The van der Waals surface area contributed by atoms with Gasteiger partial charge in [-0.3, -0.25) is 9.80 Å². The van der Waals surface area contributed by atoms with E-state index in [9.17, 15) is 26.7 Å². The lowest BCUT2D eigenvalue weighted by molar-refractivity contribution is -0.275. The molecule has 3 aromatic rings. The van der Waals surface area contributed by atoms with Crippen LogP contribution < -0.4 is 14.2 Å². The van der Waals surface area contributed by atoms with E-state index in [2.05, 4.69) is 19.3 Å². The molecule has 0 saturated carbocycles. The van der Waals surface area contributed by atoms with E-state index >= 15 is 0 Å². The first kappa shape index (κ1) is 28.5. The van der Waals surface area contributed by atoms with Crippen LogP contribution in [0.5, 0.6) is 11.5 Å². The number of fused-ring (bicyclic) bond motifs is 1. The molecule has 1 saturated heterocycles. The molecule has 0 amide bonds. The highest BCUT2D eigenvalue weighted by Gasteiger charge is 2.34. The summed E-state index contributed by atoms with van der Waals surface area (Å²) >= 11 is 1.61. The van der Waals surface area contributed by atoms with Crippen molar-refractivity contribution in [1.29, 1.82) is 0 Å². The molecule has 2 N–H and O–H groups in total. The zero-order chi connectivity index (χ0) is 27.3. The second-order valence-corrected chi connectivity index (χ2v) is 11.8. The van der Waals surface area contributed by atoms with Gasteiger partial charge in [0.2, 0.25) is 10.0 Å². The summed E-state index contributed by atoms with van der Waals surface area (Å²) in [7, 11) is -4.19. The highest BCUT2D eigenvalue weighted by molar-refractivity contribution is 7.89. The third-order valence-electron chi connectivity index (χ3n) is 5.93. The number of nitrogens with one attached hydrogen (secondary N) is 1. The number of hydrogen-bond donors (Lipinski definition) is 2. The highest BCUT2D eigenvalue weighted by atomic mass is 32.2. The summed E-state index contributed by atoms with van der Waals surface area (Å²) in [6.45, 7) is 5.62. The first-order valence-corrected chi connectivity index (χ1v) is 14.3. The number of aliphatic hydroxyl groups is 1. The Bertz CT molecular complexity index is 1330. The largest absolute Gasteiger partial charge is 0.573 e. The number of para-hydroxylation sites is 1. The van der Waals surface area contributed by atoms with E-state index < -0.39 is 33.1 Å². The monoisotopic (exact) mass is 574 g/mol. The lowest BCUT2D eigenvalue weighted by Crippen LogP contribution is -2.50. The molecule has 38 heavy (non-hydrogen) atoms. The molecule has 2 heterocycles. The summed E-state index contributed by atoms with van der Waals surface area (Å²) in [5, 5.41) is 11.4. The molecular formula is C24H29F3N4O5S2. The fraction of sp³-hybridized carbons (Fsp3) is 0.458. The van der Waals surface area contributed by atoms with Gasteiger partial charge >= 0.3 is 6.36 Å². The molecule has 208 valence electrons. The maximum Gasteiger partial charge on any atom is 0.573 e. The molecule has 1 aliphatic rings. The molecule has 0 unspecified atom stereocenters. The van der Waals surface area contributed by atoms with Crippen LogP contribution in [-0.2, 0) is 10.0 Å². The fourth-order valence-corrected chi connectivity index (χ4v) is 6.10. The number of aliphatic hydroxyl groups excluding tert-OH is 1. The van der Waals surface area contributed by atoms with E-state index in [1.165, 1.54) is 12.1 Å². The van der Waals surface area contributed by atoms with Crippen molar-refractivity contribution in [2.45, 2.75) is 24.3 Å². The Kier molecular flexibility index (Phi) is 9.11. The standard InChI is InChI=1S/C24H29F3N4O5S2/c1-17-29-20-14-19(6-7-22(20)37-17)35-16-18(32)15-31-12-10-30(11-13-31)9-8-28-38(33,34)23-5-3-2-4-21(23)36-24(25,26)27/h2-7,14,18,28,32H,8-13,15-16H2,1H3/t18-/m1/s1. The van der Waals surface area contributed by atoms with Crippen LogP contribution in [0.3, 0.4) is 0 Å². The molecule has 1 aliphatic heterocycles. The minimum atomic E-state index is -5.00. The van der Waals surface area contributed by atoms with Crippen molar-refractivity contribution in [3.8, 4) is 11.5 Å². The Balaban J connectivity index is 1.17. The molecule has 14 heteroatoms. The van der Waals surface area contributed by atoms with Crippen LogP contribution in [0.1, 0.15) is 5.01 Å². The normalized spacial score (nSPS) is 16.6. The Morgan fingerprint density at radius 3 is 2.58 bits per heavy atom. The van der Waals surface area contributed by atoms with Gasteiger partial charge in [-0.15, -0.1) is 24.5 Å². The van der Waals surface area contributed by atoms with E-state index in [0.717, 1.165) is 27.4 Å². The van der Waals surface area contributed by atoms with Gasteiger partial charge in [-0.1, -0.05) is 12.1 Å². The molecule has 1 aromatic heterocycles. The lowest BCUT2D eigenvalue weighted by Gasteiger charge is -2.35. The molecule has 1 atom stereocenters. The summed E-state index contributed by atoms with van der Waals surface area (Å²) in [6.07, 6.45) is -5.68. The quantitative estimate of drug-likeness (QED) is 0.361. The molecule has 4 rings (SSSR count). The Morgan fingerprint density at radius 2 is 1.84 bits per heavy atom. The van der Waals surface area contributed by atoms with Crippen molar-refractivity contribution < 1.29 is 36.2 Å². The van der Waals surface area contributed by atoms with Gasteiger partial charge in [0.1, 0.15) is 29.1 Å². The first-order chi connectivity index (χ1) is 18.0. The molecule has 2 aromatic carbocycles. The number of aromatic nitrogens is 1. The number of nitrogens with zero attached hydrogens (tertiary/aromatic N) is 3. The van der Waals surface area contributed by atoms with E-state index in [-0.39, 0.29) is 13.2 Å². The van der Waals surface area contributed by atoms with E-state index in [4.69, 9.17) is 4.74 Å². The maximum absolute atomic E-state index is 12.6. The summed E-state index contributed by atoms with van der Waals surface area (Å²) in [5.74, 6) is -0.121. The summed E-state index contributed by atoms with van der Waals surface area (Å²) in [4.78, 5) is 8.03. The number of aryl methyl sites for hydroxylation is 1. The van der Waals surface area contributed by atoms with Gasteiger partial charge in [0, 0.05) is 51.9 Å². The zero-order valence-electron chi connectivity index (χ0n) is 20.6. The number of benzene rings is 2. The summed E-state index contributed by atoms with van der Waals surface area (Å²) < 4.78 is 76.0.